The van der Waals surface area contributed by atoms with E-state index in [1.165, 1.54) is 54.7 Å². The first kappa shape index (κ1) is 26.5. The Morgan fingerprint density at radius 1 is 0.919 bits per heavy atom. The first-order valence-electron chi connectivity index (χ1n) is 14.5. The molecule has 1 amide bonds. The Kier molecular flexibility index (Phi) is 8.43. The van der Waals surface area contributed by atoms with Crippen molar-refractivity contribution in [2.75, 3.05) is 26.2 Å². The summed E-state index contributed by atoms with van der Waals surface area (Å²) in [5.74, 6) is 0.712. The number of alkyl halides is 3. The fourth-order valence-electron chi connectivity index (χ4n) is 6.95. The fraction of sp³-hybridized carbons (Fsp3) is 0.645. The van der Waals surface area contributed by atoms with Gasteiger partial charge in [-0.2, -0.15) is 13.2 Å². The van der Waals surface area contributed by atoms with Gasteiger partial charge in [-0.25, -0.2) is 0 Å². The van der Waals surface area contributed by atoms with Crippen LogP contribution in [0.1, 0.15) is 101 Å². The maximum Gasteiger partial charge on any atom is 0.416 e. The van der Waals surface area contributed by atoms with E-state index in [9.17, 15) is 18.0 Å². The third-order valence-corrected chi connectivity index (χ3v) is 9.10. The molecule has 202 valence electrons. The molecule has 0 unspecified atom stereocenters. The summed E-state index contributed by atoms with van der Waals surface area (Å²) in [5, 5.41) is 0. The quantitative estimate of drug-likeness (QED) is 0.374. The van der Waals surface area contributed by atoms with Gasteiger partial charge in [0.25, 0.3) is 0 Å². The van der Waals surface area contributed by atoms with E-state index in [1.54, 1.807) is 0 Å². The molecule has 4 aliphatic rings. The number of hydrogen-bond donors (Lipinski definition) is 0. The highest BCUT2D eigenvalue weighted by atomic mass is 19.4. The lowest BCUT2D eigenvalue weighted by molar-refractivity contribution is -0.137. The number of fused-ring (bicyclic) bond motifs is 1. The van der Waals surface area contributed by atoms with Crippen LogP contribution in [0.25, 0.3) is 0 Å². The molecular formula is C31H41F3N2O. The number of piperidine rings is 1. The summed E-state index contributed by atoms with van der Waals surface area (Å²) in [7, 11) is 0. The maximum atomic E-state index is 13.7. The Morgan fingerprint density at radius 2 is 1.68 bits per heavy atom. The molecule has 37 heavy (non-hydrogen) atoms. The maximum absolute atomic E-state index is 13.7. The molecule has 0 atom stereocenters. The molecule has 0 N–H and O–H groups in total. The van der Waals surface area contributed by atoms with Gasteiger partial charge in [0.1, 0.15) is 0 Å². The second-order valence-corrected chi connectivity index (χ2v) is 11.5. The molecule has 2 aliphatic heterocycles. The Labute approximate surface area is 219 Å². The van der Waals surface area contributed by atoms with Gasteiger partial charge >= 0.3 is 6.18 Å². The van der Waals surface area contributed by atoms with Crippen molar-refractivity contribution < 1.29 is 18.0 Å². The van der Waals surface area contributed by atoms with E-state index in [0.717, 1.165) is 95.6 Å². The van der Waals surface area contributed by atoms with Gasteiger partial charge in [0, 0.05) is 31.1 Å². The second kappa shape index (κ2) is 11.8. The Balaban J connectivity index is 1.24. The van der Waals surface area contributed by atoms with Gasteiger partial charge in [-0.05, 0) is 93.2 Å². The van der Waals surface area contributed by atoms with E-state index in [2.05, 4.69) is 15.9 Å². The van der Waals surface area contributed by atoms with Crippen molar-refractivity contribution in [3.05, 3.63) is 58.3 Å². The van der Waals surface area contributed by atoms with Crippen LogP contribution < -0.4 is 0 Å². The smallest absolute Gasteiger partial charge is 0.315 e. The van der Waals surface area contributed by atoms with Crippen LogP contribution in [0.2, 0.25) is 0 Å². The van der Waals surface area contributed by atoms with Gasteiger partial charge in [-0.15, -0.1) is 0 Å². The van der Waals surface area contributed by atoms with Crippen LogP contribution in [0.5, 0.6) is 0 Å². The van der Waals surface area contributed by atoms with Gasteiger partial charge < -0.3 is 9.80 Å². The number of allylic oxidation sites excluding steroid dienone is 2. The predicted octanol–water partition coefficient (Wildman–Crippen LogP) is 7.84. The molecule has 1 saturated carbocycles. The number of halogens is 3. The van der Waals surface area contributed by atoms with Crippen molar-refractivity contribution in [1.82, 2.24) is 9.80 Å². The van der Waals surface area contributed by atoms with E-state index in [4.69, 9.17) is 0 Å². The third-order valence-electron chi connectivity index (χ3n) is 9.10. The molecule has 2 heterocycles. The Hall–Kier alpha value is -2.08. The van der Waals surface area contributed by atoms with E-state index in [1.807, 2.05) is 6.07 Å². The predicted molar refractivity (Wildman–Crippen MR) is 141 cm³/mol. The molecule has 0 radical (unpaired) electrons. The third kappa shape index (κ3) is 6.32. The summed E-state index contributed by atoms with van der Waals surface area (Å²) in [5.41, 5.74) is 4.43. The molecule has 6 heteroatoms. The SMILES string of the molecule is O=C(C1CCCCCC1)N1CCC2=CCCCC2=C1CCN1CCC(c2cccc(C(F)(F)F)c2)CC1. The minimum atomic E-state index is -4.29. The molecule has 2 fully saturated rings. The van der Waals surface area contributed by atoms with Crippen LogP contribution in [-0.2, 0) is 11.0 Å². The molecule has 5 rings (SSSR count). The van der Waals surface area contributed by atoms with Crippen molar-refractivity contribution in [3.63, 3.8) is 0 Å². The van der Waals surface area contributed by atoms with Crippen molar-refractivity contribution in [2.24, 2.45) is 5.92 Å². The lowest BCUT2D eigenvalue weighted by Crippen LogP contribution is -2.41. The van der Waals surface area contributed by atoms with Crippen molar-refractivity contribution in [2.45, 2.75) is 95.6 Å². The number of nitrogens with zero attached hydrogens (tertiary/aromatic N) is 2. The van der Waals surface area contributed by atoms with Crippen LogP contribution in [0, 0.1) is 5.92 Å². The lowest BCUT2D eigenvalue weighted by atomic mass is 9.85. The van der Waals surface area contributed by atoms with E-state index < -0.39 is 11.7 Å². The Bertz CT molecular complexity index is 1010. The van der Waals surface area contributed by atoms with Gasteiger partial charge in [0.15, 0.2) is 0 Å². The number of carbonyl (C=O) groups is 1. The normalized spacial score (nSPS) is 23.0. The molecule has 3 nitrogen and oxygen atoms in total. The summed E-state index contributed by atoms with van der Waals surface area (Å²) in [6.45, 7) is 3.51. The zero-order chi connectivity index (χ0) is 25.8. The monoisotopic (exact) mass is 514 g/mol. The molecule has 2 aliphatic carbocycles. The summed E-state index contributed by atoms with van der Waals surface area (Å²) in [6, 6.07) is 5.88. The number of hydrogen-bond acceptors (Lipinski definition) is 2. The summed E-state index contributed by atoms with van der Waals surface area (Å²) < 4.78 is 39.5. The number of amides is 1. The second-order valence-electron chi connectivity index (χ2n) is 11.5. The van der Waals surface area contributed by atoms with Gasteiger partial charge in [-0.1, -0.05) is 50.0 Å². The van der Waals surface area contributed by atoms with Crippen LogP contribution in [-0.4, -0.2) is 41.9 Å². The number of carbonyl (C=O) groups excluding carboxylic acids is 1. The molecule has 1 saturated heterocycles. The molecule has 1 aromatic rings. The van der Waals surface area contributed by atoms with E-state index >= 15 is 0 Å². The first-order valence-corrected chi connectivity index (χ1v) is 14.5. The number of rotatable bonds is 5. The highest BCUT2D eigenvalue weighted by molar-refractivity contribution is 5.81. The van der Waals surface area contributed by atoms with Crippen LogP contribution in [0.3, 0.4) is 0 Å². The van der Waals surface area contributed by atoms with Crippen LogP contribution >= 0.6 is 0 Å². The van der Waals surface area contributed by atoms with Gasteiger partial charge in [0.2, 0.25) is 5.91 Å². The average molecular weight is 515 g/mol. The largest absolute Gasteiger partial charge is 0.416 e. The minimum Gasteiger partial charge on any atom is -0.315 e. The molecule has 0 aromatic heterocycles. The fourth-order valence-corrected chi connectivity index (χ4v) is 6.95. The molecule has 0 bridgehead atoms. The van der Waals surface area contributed by atoms with Crippen molar-refractivity contribution >= 4 is 5.91 Å². The molecular weight excluding hydrogens is 473 g/mol. The highest BCUT2D eigenvalue weighted by Gasteiger charge is 2.34. The highest BCUT2D eigenvalue weighted by Crippen LogP contribution is 2.39. The summed E-state index contributed by atoms with van der Waals surface area (Å²) in [4.78, 5) is 18.3. The number of benzene rings is 1. The average Bonchev–Trinajstić information content (AvgIpc) is 3.21. The van der Waals surface area contributed by atoms with Crippen molar-refractivity contribution in [3.8, 4) is 0 Å². The van der Waals surface area contributed by atoms with Crippen LogP contribution in [0.15, 0.2) is 47.2 Å². The molecule has 1 aromatic carbocycles. The van der Waals surface area contributed by atoms with Gasteiger partial charge in [0.05, 0.1) is 5.56 Å². The lowest BCUT2D eigenvalue weighted by Gasteiger charge is -2.39. The zero-order valence-corrected chi connectivity index (χ0v) is 22.0. The Morgan fingerprint density at radius 3 is 2.41 bits per heavy atom. The van der Waals surface area contributed by atoms with Crippen molar-refractivity contribution in [1.29, 1.82) is 0 Å². The van der Waals surface area contributed by atoms with E-state index in [0.29, 0.717) is 5.91 Å². The zero-order valence-electron chi connectivity index (χ0n) is 22.0. The van der Waals surface area contributed by atoms with Crippen LogP contribution in [0.4, 0.5) is 13.2 Å². The summed E-state index contributed by atoms with van der Waals surface area (Å²) in [6.07, 6.45) is 12.0. The number of likely N-dealkylation sites (tertiary alicyclic amines) is 1. The minimum absolute atomic E-state index is 0.176. The molecule has 0 spiro atoms. The first-order chi connectivity index (χ1) is 17.9. The van der Waals surface area contributed by atoms with Gasteiger partial charge in [-0.3, -0.25) is 4.79 Å². The topological polar surface area (TPSA) is 23.6 Å². The standard InChI is InChI=1S/C31H41F3N2O/c32-31(33,34)27-12-7-11-26(22-27)23-14-18-35(19-15-23)20-17-29-28-13-6-5-8-24(28)16-21-36(29)30(37)25-9-3-1-2-4-10-25/h7-8,11-12,22-23,25H,1-6,9-10,13-21H2. The summed E-state index contributed by atoms with van der Waals surface area (Å²) >= 11 is 0. The van der Waals surface area contributed by atoms with E-state index in [-0.39, 0.29) is 11.8 Å².